The number of hydrogen-bond donors (Lipinski definition) is 1. The Bertz CT molecular complexity index is 365. The largest absolute Gasteiger partial charge is 0.462 e. The highest BCUT2D eigenvalue weighted by molar-refractivity contribution is 5.87. The van der Waals surface area contributed by atoms with Crippen LogP contribution in [-0.4, -0.2) is 19.1 Å². The number of carbonyl (C=O) groups excluding carboxylic acids is 1. The Kier molecular flexibility index (Phi) is 8.01. The molecule has 17 heavy (non-hydrogen) atoms. The topological polar surface area (TPSA) is 52.3 Å². The second-order valence-corrected chi connectivity index (χ2v) is 3.19. The van der Waals surface area contributed by atoms with E-state index in [-0.39, 0.29) is 18.2 Å². The van der Waals surface area contributed by atoms with Crippen molar-refractivity contribution >= 4 is 24.5 Å². The molecule has 0 saturated heterocycles. The quantitative estimate of drug-likeness (QED) is 0.501. The number of ether oxygens (including phenoxy) is 1. The van der Waals surface area contributed by atoms with E-state index in [0.717, 1.165) is 5.56 Å². The standard InChI is InChI=1S/C12H14FNO2.ClH/c13-11-5-2-10(3-6-11)4-7-12(15)16-9-1-8-14;/h2-7H,1,8-9,14H2;1H/b7-4+;. The minimum Gasteiger partial charge on any atom is -0.462 e. The van der Waals surface area contributed by atoms with Gasteiger partial charge in [0.2, 0.25) is 0 Å². The van der Waals surface area contributed by atoms with Crippen LogP contribution < -0.4 is 5.73 Å². The SMILES string of the molecule is Cl.NCCCOC(=O)/C=C/c1ccc(F)cc1. The van der Waals surface area contributed by atoms with Gasteiger partial charge in [0, 0.05) is 6.08 Å². The molecule has 1 rings (SSSR count). The third-order valence-corrected chi connectivity index (χ3v) is 1.87. The maximum absolute atomic E-state index is 12.6. The molecule has 0 spiro atoms. The van der Waals surface area contributed by atoms with Gasteiger partial charge in [0.1, 0.15) is 5.82 Å². The van der Waals surface area contributed by atoms with E-state index in [4.69, 9.17) is 10.5 Å². The van der Waals surface area contributed by atoms with Crippen molar-refractivity contribution in [1.29, 1.82) is 0 Å². The van der Waals surface area contributed by atoms with Crippen molar-refractivity contribution in [3.05, 3.63) is 41.7 Å². The summed E-state index contributed by atoms with van der Waals surface area (Å²) in [7, 11) is 0. The lowest BCUT2D eigenvalue weighted by Gasteiger charge is -1.99. The molecule has 0 aromatic heterocycles. The van der Waals surface area contributed by atoms with Crippen LogP contribution in [0.4, 0.5) is 4.39 Å². The fourth-order valence-corrected chi connectivity index (χ4v) is 1.04. The van der Waals surface area contributed by atoms with Gasteiger partial charge in [0.05, 0.1) is 6.61 Å². The number of benzene rings is 1. The average molecular weight is 260 g/mol. The molecule has 0 bridgehead atoms. The van der Waals surface area contributed by atoms with Gasteiger partial charge in [-0.3, -0.25) is 0 Å². The summed E-state index contributed by atoms with van der Waals surface area (Å²) >= 11 is 0. The maximum atomic E-state index is 12.6. The zero-order valence-corrected chi connectivity index (χ0v) is 10.1. The van der Waals surface area contributed by atoms with E-state index in [1.54, 1.807) is 18.2 Å². The molecule has 0 atom stereocenters. The van der Waals surface area contributed by atoms with Gasteiger partial charge in [-0.05, 0) is 36.7 Å². The van der Waals surface area contributed by atoms with E-state index in [1.165, 1.54) is 18.2 Å². The van der Waals surface area contributed by atoms with Gasteiger partial charge in [-0.2, -0.15) is 0 Å². The summed E-state index contributed by atoms with van der Waals surface area (Å²) in [4.78, 5) is 11.1. The number of esters is 1. The number of hydrogen-bond acceptors (Lipinski definition) is 3. The average Bonchev–Trinajstić information content (AvgIpc) is 2.29. The van der Waals surface area contributed by atoms with Crippen molar-refractivity contribution in [1.82, 2.24) is 0 Å². The van der Waals surface area contributed by atoms with Crippen LogP contribution in [0.15, 0.2) is 30.3 Å². The molecule has 5 heteroatoms. The predicted molar refractivity (Wildman–Crippen MR) is 67.3 cm³/mol. The molecule has 0 aliphatic rings. The summed E-state index contributed by atoms with van der Waals surface area (Å²) in [5, 5.41) is 0. The van der Waals surface area contributed by atoms with Gasteiger partial charge >= 0.3 is 5.97 Å². The predicted octanol–water partition coefficient (Wildman–Crippen LogP) is 2.15. The van der Waals surface area contributed by atoms with Crippen LogP contribution in [0.5, 0.6) is 0 Å². The first kappa shape index (κ1) is 15.6. The second kappa shape index (κ2) is 8.73. The molecule has 0 aliphatic heterocycles. The van der Waals surface area contributed by atoms with Crippen LogP contribution in [0, 0.1) is 5.82 Å². The molecule has 3 nitrogen and oxygen atoms in total. The normalized spacial score (nSPS) is 10.0. The third-order valence-electron chi connectivity index (χ3n) is 1.87. The van der Waals surface area contributed by atoms with Crippen LogP contribution in [0.3, 0.4) is 0 Å². The number of halogens is 2. The molecule has 0 aliphatic carbocycles. The van der Waals surface area contributed by atoms with E-state index in [9.17, 15) is 9.18 Å². The highest BCUT2D eigenvalue weighted by Crippen LogP contribution is 2.04. The molecule has 1 aromatic carbocycles. The molecular formula is C12H15ClFNO2. The van der Waals surface area contributed by atoms with Crippen molar-refractivity contribution in [3.8, 4) is 0 Å². The molecule has 2 N–H and O–H groups in total. The lowest BCUT2D eigenvalue weighted by Crippen LogP contribution is -2.07. The molecule has 0 radical (unpaired) electrons. The Balaban J connectivity index is 0.00000256. The first-order valence-electron chi connectivity index (χ1n) is 5.03. The molecule has 94 valence electrons. The third kappa shape index (κ3) is 6.71. The molecule has 0 saturated carbocycles. The minimum absolute atomic E-state index is 0. The second-order valence-electron chi connectivity index (χ2n) is 3.19. The Morgan fingerprint density at radius 1 is 1.35 bits per heavy atom. The van der Waals surface area contributed by atoms with Crippen molar-refractivity contribution in [2.24, 2.45) is 5.73 Å². The summed E-state index contributed by atoms with van der Waals surface area (Å²) in [6.07, 6.45) is 3.53. The number of carbonyl (C=O) groups is 1. The van der Waals surface area contributed by atoms with Crippen molar-refractivity contribution < 1.29 is 13.9 Å². The Hall–Kier alpha value is -1.39. The first-order valence-corrected chi connectivity index (χ1v) is 5.03. The number of rotatable bonds is 5. The summed E-state index contributed by atoms with van der Waals surface area (Å²) < 4.78 is 17.4. The van der Waals surface area contributed by atoms with Crippen LogP contribution >= 0.6 is 12.4 Å². The Morgan fingerprint density at radius 2 is 2.00 bits per heavy atom. The summed E-state index contributed by atoms with van der Waals surface area (Å²) in [5.74, 6) is -0.722. The lowest BCUT2D eigenvalue weighted by molar-refractivity contribution is -0.137. The highest BCUT2D eigenvalue weighted by atomic mass is 35.5. The summed E-state index contributed by atoms with van der Waals surface area (Å²) in [5.41, 5.74) is 6.00. The fraction of sp³-hybridized carbons (Fsp3) is 0.250. The van der Waals surface area contributed by atoms with Gasteiger partial charge in [-0.15, -0.1) is 12.4 Å². The minimum atomic E-state index is -0.419. The summed E-state index contributed by atoms with van der Waals surface area (Å²) in [6.45, 7) is 0.818. The molecule has 0 unspecified atom stereocenters. The first-order chi connectivity index (χ1) is 7.72. The molecular weight excluding hydrogens is 245 g/mol. The van der Waals surface area contributed by atoms with Crippen molar-refractivity contribution in [2.45, 2.75) is 6.42 Å². The number of nitrogens with two attached hydrogens (primary N) is 1. The van der Waals surface area contributed by atoms with Crippen LogP contribution in [0.1, 0.15) is 12.0 Å². The van der Waals surface area contributed by atoms with Crippen LogP contribution in [0.25, 0.3) is 6.08 Å². The van der Waals surface area contributed by atoms with E-state index in [1.807, 2.05) is 0 Å². The van der Waals surface area contributed by atoms with Crippen LogP contribution in [0.2, 0.25) is 0 Å². The zero-order valence-electron chi connectivity index (χ0n) is 9.27. The van der Waals surface area contributed by atoms with Crippen molar-refractivity contribution in [2.75, 3.05) is 13.2 Å². The Morgan fingerprint density at radius 3 is 2.59 bits per heavy atom. The van der Waals surface area contributed by atoms with E-state index >= 15 is 0 Å². The van der Waals surface area contributed by atoms with E-state index in [2.05, 4.69) is 0 Å². The zero-order chi connectivity index (χ0) is 11.8. The lowest BCUT2D eigenvalue weighted by atomic mass is 10.2. The monoisotopic (exact) mass is 259 g/mol. The molecule has 0 amide bonds. The maximum Gasteiger partial charge on any atom is 0.330 e. The van der Waals surface area contributed by atoms with Crippen LogP contribution in [-0.2, 0) is 9.53 Å². The van der Waals surface area contributed by atoms with Gasteiger partial charge < -0.3 is 10.5 Å². The molecule has 1 aromatic rings. The van der Waals surface area contributed by atoms with Gasteiger partial charge in [-0.25, -0.2) is 9.18 Å². The van der Waals surface area contributed by atoms with E-state index in [0.29, 0.717) is 19.6 Å². The van der Waals surface area contributed by atoms with Crippen molar-refractivity contribution in [3.63, 3.8) is 0 Å². The smallest absolute Gasteiger partial charge is 0.330 e. The summed E-state index contributed by atoms with van der Waals surface area (Å²) in [6, 6.07) is 5.83. The van der Waals surface area contributed by atoms with Gasteiger partial charge in [0.15, 0.2) is 0 Å². The Labute approximate surface area is 106 Å². The van der Waals surface area contributed by atoms with E-state index < -0.39 is 5.97 Å². The highest BCUT2D eigenvalue weighted by Gasteiger charge is 1.96. The molecule has 0 fully saturated rings. The fourth-order valence-electron chi connectivity index (χ4n) is 1.04. The molecule has 0 heterocycles. The van der Waals surface area contributed by atoms with Gasteiger partial charge in [-0.1, -0.05) is 12.1 Å². The van der Waals surface area contributed by atoms with Gasteiger partial charge in [0.25, 0.3) is 0 Å².